The number of hydrogen-bond donors (Lipinski definition) is 1. The van der Waals surface area contributed by atoms with Crippen LogP contribution >= 0.6 is 0 Å². The molecule has 0 amide bonds. The second kappa shape index (κ2) is 5.58. The van der Waals surface area contributed by atoms with Gasteiger partial charge in [-0.1, -0.05) is 13.8 Å². The number of esters is 1. The molecule has 0 unspecified atom stereocenters. The van der Waals surface area contributed by atoms with Crippen molar-refractivity contribution in [3.05, 3.63) is 17.7 Å². The van der Waals surface area contributed by atoms with E-state index in [0.29, 0.717) is 5.69 Å². The van der Waals surface area contributed by atoms with Crippen molar-refractivity contribution in [2.75, 3.05) is 0 Å². The normalized spacial score (nSPS) is 10.6. The van der Waals surface area contributed by atoms with Gasteiger partial charge in [0.25, 0.3) is 0 Å². The maximum Gasteiger partial charge on any atom is 0.310 e. The van der Waals surface area contributed by atoms with Crippen LogP contribution in [-0.4, -0.2) is 26.4 Å². The van der Waals surface area contributed by atoms with Gasteiger partial charge in [-0.3, -0.25) is 14.2 Å². The van der Waals surface area contributed by atoms with Crippen LogP contribution in [0.15, 0.2) is 6.20 Å². The van der Waals surface area contributed by atoms with Gasteiger partial charge in [-0.2, -0.15) is 0 Å². The quantitative estimate of drug-likeness (QED) is 0.606. The number of nitrogens with zero attached hydrogens (tertiary/aromatic N) is 2. The first kappa shape index (κ1) is 13.4. The van der Waals surface area contributed by atoms with Crippen molar-refractivity contribution in [3.63, 3.8) is 0 Å². The summed E-state index contributed by atoms with van der Waals surface area (Å²) in [6.45, 7) is 4.48. The number of aliphatic hydroxyl groups excluding tert-OH is 1. The van der Waals surface area contributed by atoms with E-state index in [-0.39, 0.29) is 36.8 Å². The second-order valence-corrected chi connectivity index (χ2v) is 3.99. The third-order valence-electron chi connectivity index (χ3n) is 2.12. The molecule has 0 bridgehead atoms. The highest BCUT2D eigenvalue weighted by molar-refractivity contribution is 5.90. The molecule has 0 radical (unpaired) electrons. The molecule has 0 fully saturated rings. The number of hydrogen-bond acceptors (Lipinski definition) is 5. The lowest BCUT2D eigenvalue weighted by Crippen LogP contribution is -2.16. The molecule has 6 nitrogen and oxygen atoms in total. The summed E-state index contributed by atoms with van der Waals surface area (Å²) < 4.78 is 6.40. The monoisotopic (exact) mass is 240 g/mol. The Labute approximate surface area is 99.2 Å². The van der Waals surface area contributed by atoms with E-state index in [4.69, 9.17) is 9.84 Å². The number of ketones is 1. The van der Waals surface area contributed by atoms with Gasteiger partial charge in [0.05, 0.1) is 18.2 Å². The minimum atomic E-state index is -0.348. The highest BCUT2D eigenvalue weighted by Gasteiger charge is 2.14. The highest BCUT2D eigenvalue weighted by atomic mass is 16.5. The van der Waals surface area contributed by atoms with Crippen molar-refractivity contribution in [3.8, 4) is 0 Å². The molecule has 94 valence electrons. The van der Waals surface area contributed by atoms with Gasteiger partial charge in [-0.05, 0) is 0 Å². The molecule has 0 saturated heterocycles. The zero-order chi connectivity index (χ0) is 13.0. The second-order valence-electron chi connectivity index (χ2n) is 3.99. The average molecular weight is 240 g/mol. The highest BCUT2D eigenvalue weighted by Crippen LogP contribution is 2.06. The molecule has 0 aliphatic rings. The summed E-state index contributed by atoms with van der Waals surface area (Å²) in [5.74, 6) is -0.647. The van der Waals surface area contributed by atoms with E-state index in [9.17, 15) is 9.59 Å². The molecule has 1 heterocycles. The third-order valence-corrected chi connectivity index (χ3v) is 2.12. The minimum absolute atomic E-state index is 0.0705. The Balaban J connectivity index is 2.79. The molecular formula is C11H16N2O4. The summed E-state index contributed by atoms with van der Waals surface area (Å²) in [5, 5.41) is 8.93. The molecular weight excluding hydrogens is 224 g/mol. The van der Waals surface area contributed by atoms with Crippen molar-refractivity contribution >= 4 is 11.8 Å². The van der Waals surface area contributed by atoms with Crippen molar-refractivity contribution in [1.82, 2.24) is 9.55 Å². The van der Waals surface area contributed by atoms with E-state index in [0.717, 1.165) is 0 Å². The lowest BCUT2D eigenvalue weighted by atomic mass is 10.2. The Morgan fingerprint density at radius 1 is 1.53 bits per heavy atom. The largest absolute Gasteiger partial charge is 0.444 e. The van der Waals surface area contributed by atoms with Crippen LogP contribution in [0, 0.1) is 5.92 Å². The molecule has 17 heavy (non-hydrogen) atoms. The molecule has 0 aliphatic heterocycles. The van der Waals surface area contributed by atoms with E-state index in [1.807, 2.05) is 0 Å². The predicted octanol–water partition coefficient (Wildman–Crippen LogP) is 0.735. The summed E-state index contributed by atoms with van der Waals surface area (Å²) >= 11 is 0. The van der Waals surface area contributed by atoms with E-state index >= 15 is 0 Å². The topological polar surface area (TPSA) is 81.4 Å². The number of aromatic nitrogens is 2. The zero-order valence-electron chi connectivity index (χ0n) is 10.1. The van der Waals surface area contributed by atoms with Crippen molar-refractivity contribution in [1.29, 1.82) is 0 Å². The van der Waals surface area contributed by atoms with Gasteiger partial charge >= 0.3 is 5.97 Å². The lowest BCUT2D eigenvalue weighted by Gasteiger charge is -2.08. The number of imidazole rings is 1. The van der Waals surface area contributed by atoms with Crippen LogP contribution in [0.1, 0.15) is 37.1 Å². The summed E-state index contributed by atoms with van der Waals surface area (Å²) in [5.41, 5.74) is 0.371. The van der Waals surface area contributed by atoms with Gasteiger partial charge in [0.15, 0.2) is 18.3 Å². The fourth-order valence-corrected chi connectivity index (χ4v) is 1.23. The molecule has 0 aliphatic carbocycles. The fraction of sp³-hybridized carbons (Fsp3) is 0.545. The minimum Gasteiger partial charge on any atom is -0.444 e. The molecule has 0 spiro atoms. The van der Waals surface area contributed by atoms with Gasteiger partial charge in [0.1, 0.15) is 0 Å². The van der Waals surface area contributed by atoms with E-state index in [1.165, 1.54) is 17.7 Å². The van der Waals surface area contributed by atoms with E-state index < -0.39 is 0 Å². The van der Waals surface area contributed by atoms with Gasteiger partial charge < -0.3 is 9.84 Å². The summed E-state index contributed by atoms with van der Waals surface area (Å²) in [6, 6.07) is 0. The van der Waals surface area contributed by atoms with Gasteiger partial charge in [-0.15, -0.1) is 0 Å². The van der Waals surface area contributed by atoms with Crippen molar-refractivity contribution in [2.24, 2.45) is 5.92 Å². The van der Waals surface area contributed by atoms with Crippen LogP contribution in [0.25, 0.3) is 0 Å². The summed E-state index contributed by atoms with van der Waals surface area (Å²) in [7, 11) is 0. The number of aliphatic hydroxyl groups is 1. The standard InChI is InChI=1S/C11H16N2O4/c1-7(2)11(16)17-6-13-4-9(5-14)12-10(13)8(3)15/h4,7,14H,5-6H2,1-3H3. The van der Waals surface area contributed by atoms with Crippen molar-refractivity contribution < 1.29 is 19.4 Å². The summed E-state index contributed by atoms with van der Waals surface area (Å²) in [6.07, 6.45) is 1.49. The number of rotatable bonds is 5. The van der Waals surface area contributed by atoms with Crippen LogP contribution in [0.4, 0.5) is 0 Å². The predicted molar refractivity (Wildman–Crippen MR) is 59.1 cm³/mol. The smallest absolute Gasteiger partial charge is 0.310 e. The first-order chi connectivity index (χ1) is 7.95. The SMILES string of the molecule is CC(=O)c1nc(CO)cn1COC(=O)C(C)C. The molecule has 0 saturated carbocycles. The molecule has 1 rings (SSSR count). The molecule has 0 atom stereocenters. The number of ether oxygens (including phenoxy) is 1. The van der Waals surface area contributed by atoms with Crippen LogP contribution < -0.4 is 0 Å². The zero-order valence-corrected chi connectivity index (χ0v) is 10.1. The molecule has 1 aromatic rings. The fourth-order valence-electron chi connectivity index (χ4n) is 1.23. The van der Waals surface area contributed by atoms with Crippen LogP contribution in [0.2, 0.25) is 0 Å². The van der Waals surface area contributed by atoms with E-state index in [2.05, 4.69) is 4.98 Å². The Hall–Kier alpha value is -1.69. The number of Topliss-reactive ketones (excluding diaryl/α,β-unsaturated/α-hetero) is 1. The molecule has 0 aromatic carbocycles. The van der Waals surface area contributed by atoms with E-state index in [1.54, 1.807) is 13.8 Å². The van der Waals surface area contributed by atoms with Gasteiger partial charge in [0, 0.05) is 13.1 Å². The van der Waals surface area contributed by atoms with Gasteiger partial charge in [0.2, 0.25) is 0 Å². The first-order valence-corrected chi connectivity index (χ1v) is 5.30. The molecule has 1 N–H and O–H groups in total. The van der Waals surface area contributed by atoms with Crippen molar-refractivity contribution in [2.45, 2.75) is 34.1 Å². The third kappa shape index (κ3) is 3.39. The Morgan fingerprint density at radius 3 is 2.65 bits per heavy atom. The Kier molecular flexibility index (Phi) is 4.39. The lowest BCUT2D eigenvalue weighted by molar-refractivity contribution is -0.151. The maximum atomic E-state index is 11.3. The Bertz CT molecular complexity index is 423. The molecule has 1 aromatic heterocycles. The number of carbonyl (C=O) groups is 2. The summed E-state index contributed by atoms with van der Waals surface area (Å²) in [4.78, 5) is 26.5. The first-order valence-electron chi connectivity index (χ1n) is 5.30. The maximum absolute atomic E-state index is 11.3. The van der Waals surface area contributed by atoms with Crippen LogP contribution in [0.5, 0.6) is 0 Å². The van der Waals surface area contributed by atoms with Crippen LogP contribution in [-0.2, 0) is 22.9 Å². The van der Waals surface area contributed by atoms with Crippen LogP contribution in [0.3, 0.4) is 0 Å². The molecule has 6 heteroatoms. The average Bonchev–Trinajstić information content (AvgIpc) is 2.69. The number of carbonyl (C=O) groups excluding carboxylic acids is 2. The Morgan fingerprint density at radius 2 is 2.18 bits per heavy atom. The van der Waals surface area contributed by atoms with Gasteiger partial charge in [-0.25, -0.2) is 4.98 Å².